The summed E-state index contributed by atoms with van der Waals surface area (Å²) < 4.78 is 0. The maximum Gasteiger partial charge on any atom is 0.0998 e. The molecule has 10 rings (SSSR count). The molecule has 0 bridgehead atoms. The zero-order valence-corrected chi connectivity index (χ0v) is 38.9. The topological polar surface area (TPSA) is 95.2 Å². The largest absolute Gasteiger partial charge is 0.192 e. The predicted octanol–water partition coefficient (Wildman–Crippen LogP) is 16.2. The molecule has 0 spiro atoms. The first-order valence-electron chi connectivity index (χ1n) is 22.3. The van der Waals surface area contributed by atoms with Crippen molar-refractivity contribution in [2.24, 2.45) is 0 Å². The SMILES string of the molecule is CC(C)(C)c1ccc2c3ccc(C(C)(C)C)cc3c3c4c(C#N)cc(C#N)c5c6c7cc(C(C)(C)C)ccc7c7ccc(C(C)(C)C)cc7c6c6c(C#N)cc(C#N)c(c3c2c1)c6c45. The Balaban J connectivity index is 1.70. The lowest BCUT2D eigenvalue weighted by Gasteiger charge is -2.27. The van der Waals surface area contributed by atoms with Crippen molar-refractivity contribution in [1.82, 2.24) is 0 Å². The summed E-state index contributed by atoms with van der Waals surface area (Å²) in [6.07, 6.45) is 0. The highest BCUT2D eigenvalue weighted by Gasteiger charge is 2.31. The van der Waals surface area contributed by atoms with Crippen molar-refractivity contribution in [2.45, 2.75) is 105 Å². The van der Waals surface area contributed by atoms with Crippen LogP contribution in [0.3, 0.4) is 0 Å². The van der Waals surface area contributed by atoms with Gasteiger partial charge in [-0.1, -0.05) is 132 Å². The molecule has 0 aliphatic heterocycles. The van der Waals surface area contributed by atoms with Crippen molar-refractivity contribution in [3.8, 4) is 24.3 Å². The zero-order valence-electron chi connectivity index (χ0n) is 38.9. The molecule has 0 radical (unpaired) electrons. The van der Waals surface area contributed by atoms with Crippen LogP contribution in [0.4, 0.5) is 0 Å². The maximum absolute atomic E-state index is 11.4. The van der Waals surface area contributed by atoms with Crippen LogP contribution in [0.25, 0.3) is 97.0 Å². The quantitative estimate of drug-likeness (QED) is 0.112. The van der Waals surface area contributed by atoms with Crippen LogP contribution in [0.2, 0.25) is 0 Å². The summed E-state index contributed by atoms with van der Waals surface area (Å²) in [5.41, 5.74) is 5.38. The summed E-state index contributed by atoms with van der Waals surface area (Å²) in [6.45, 7) is 26.5. The Morgan fingerprint density at radius 1 is 0.250 bits per heavy atom. The normalized spacial score (nSPS) is 12.9. The van der Waals surface area contributed by atoms with E-state index in [-0.39, 0.29) is 21.7 Å². The van der Waals surface area contributed by atoms with E-state index in [1.54, 1.807) is 12.1 Å². The standard InChI is InChI=1S/C60H50N4/c1-57(2,3)35-13-17-39-40-18-14-36(58(4,5)6)24-44(40)52-48-32(28-62)22-34(30-64)50-54-46-26-38(60(10,11)12)16-20-42(46)41-19-15-37(59(7,8)9)25-45(41)53(54)49-33(29-63)21-31(27-61)47(55(49)56(48)50)51(52)43(39)23-35/h13-26H,1-12H3. The van der Waals surface area contributed by atoms with Gasteiger partial charge in [0.2, 0.25) is 0 Å². The van der Waals surface area contributed by atoms with Crippen molar-refractivity contribution >= 4 is 97.0 Å². The zero-order chi connectivity index (χ0) is 45.7. The van der Waals surface area contributed by atoms with Gasteiger partial charge in [-0.05, 0) is 123 Å². The number of benzene rings is 10. The molecule has 10 aromatic carbocycles. The highest BCUT2D eigenvalue weighted by molar-refractivity contribution is 6.51. The number of hydrogen-bond donors (Lipinski definition) is 0. The van der Waals surface area contributed by atoms with Crippen molar-refractivity contribution < 1.29 is 0 Å². The van der Waals surface area contributed by atoms with Gasteiger partial charge in [-0.25, -0.2) is 0 Å². The van der Waals surface area contributed by atoms with Crippen LogP contribution >= 0.6 is 0 Å². The van der Waals surface area contributed by atoms with Crippen molar-refractivity contribution in [2.75, 3.05) is 0 Å². The predicted molar refractivity (Wildman–Crippen MR) is 269 cm³/mol. The van der Waals surface area contributed by atoms with E-state index < -0.39 is 0 Å². The monoisotopic (exact) mass is 826 g/mol. The van der Waals surface area contributed by atoms with Crippen LogP contribution in [-0.4, -0.2) is 0 Å². The molecule has 0 atom stereocenters. The number of fused-ring (bicyclic) bond motifs is 16. The fraction of sp³-hybridized carbons (Fsp3) is 0.267. The minimum absolute atomic E-state index is 0.191. The molecule has 64 heavy (non-hydrogen) atoms. The summed E-state index contributed by atoms with van der Waals surface area (Å²) in [4.78, 5) is 0. The third-order valence-electron chi connectivity index (χ3n) is 14.1. The molecule has 0 fully saturated rings. The van der Waals surface area contributed by atoms with E-state index in [0.29, 0.717) is 22.3 Å². The Morgan fingerprint density at radius 2 is 0.453 bits per heavy atom. The minimum atomic E-state index is -0.191. The van der Waals surface area contributed by atoms with Crippen molar-refractivity contribution in [1.29, 1.82) is 21.0 Å². The third kappa shape index (κ3) is 5.56. The second-order valence-corrected chi connectivity index (χ2v) is 22.2. The molecular formula is C60H50N4. The molecule has 0 N–H and O–H groups in total. The van der Waals surface area contributed by atoms with Gasteiger partial charge in [-0.2, -0.15) is 21.0 Å². The number of rotatable bonds is 0. The first-order chi connectivity index (χ1) is 30.1. The fourth-order valence-corrected chi connectivity index (χ4v) is 10.6. The first kappa shape index (κ1) is 40.8. The number of hydrogen-bond acceptors (Lipinski definition) is 4. The molecule has 310 valence electrons. The van der Waals surface area contributed by atoms with Crippen molar-refractivity contribution in [3.63, 3.8) is 0 Å². The third-order valence-corrected chi connectivity index (χ3v) is 14.1. The molecule has 10 aromatic rings. The van der Waals surface area contributed by atoms with Crippen molar-refractivity contribution in [3.05, 3.63) is 129 Å². The van der Waals surface area contributed by atoms with Gasteiger partial charge in [0.25, 0.3) is 0 Å². The van der Waals surface area contributed by atoms with E-state index in [1.807, 2.05) is 0 Å². The lowest BCUT2D eigenvalue weighted by Crippen LogP contribution is -2.11. The fourth-order valence-electron chi connectivity index (χ4n) is 10.6. The van der Waals surface area contributed by atoms with E-state index in [1.165, 1.54) is 0 Å². The van der Waals surface area contributed by atoms with E-state index in [0.717, 1.165) is 119 Å². The van der Waals surface area contributed by atoms with Gasteiger partial charge in [0.15, 0.2) is 0 Å². The molecule has 0 amide bonds. The number of nitriles is 4. The van der Waals surface area contributed by atoms with Gasteiger partial charge in [-0.3, -0.25) is 0 Å². The van der Waals surface area contributed by atoms with E-state index in [4.69, 9.17) is 0 Å². The molecule has 0 saturated heterocycles. The van der Waals surface area contributed by atoms with Crippen LogP contribution in [0.15, 0.2) is 84.9 Å². The summed E-state index contributed by atoms with van der Waals surface area (Å²) in [7, 11) is 0. The molecule has 4 heteroatoms. The van der Waals surface area contributed by atoms with Gasteiger partial charge in [0, 0.05) is 53.9 Å². The van der Waals surface area contributed by atoms with Gasteiger partial charge >= 0.3 is 0 Å². The Hall–Kier alpha value is -7.24. The van der Waals surface area contributed by atoms with Gasteiger partial charge in [0.05, 0.1) is 46.5 Å². The van der Waals surface area contributed by atoms with Gasteiger partial charge < -0.3 is 0 Å². The van der Waals surface area contributed by atoms with Crippen LogP contribution in [-0.2, 0) is 21.7 Å². The highest BCUT2D eigenvalue weighted by atomic mass is 14.4. The molecule has 0 aromatic heterocycles. The molecule has 0 saturated carbocycles. The molecule has 4 nitrogen and oxygen atoms in total. The summed E-state index contributed by atoms with van der Waals surface area (Å²) in [6, 6.07) is 40.8. The highest BCUT2D eigenvalue weighted by Crippen LogP contribution is 2.55. The van der Waals surface area contributed by atoms with Crippen LogP contribution in [0, 0.1) is 45.3 Å². The Bertz CT molecular complexity index is 3440. The maximum atomic E-state index is 11.4. The smallest absolute Gasteiger partial charge is 0.0998 e. The van der Waals surface area contributed by atoms with E-state index >= 15 is 0 Å². The van der Waals surface area contributed by atoms with Gasteiger partial charge in [0.1, 0.15) is 0 Å². The lowest BCUT2D eigenvalue weighted by atomic mass is 9.75. The average Bonchev–Trinajstić information content (AvgIpc) is 3.25. The summed E-state index contributed by atoms with van der Waals surface area (Å²) in [5.74, 6) is 0. The average molecular weight is 827 g/mol. The molecular weight excluding hydrogens is 777 g/mol. The second kappa shape index (κ2) is 13.2. The molecule has 0 heterocycles. The van der Waals surface area contributed by atoms with Gasteiger partial charge in [-0.15, -0.1) is 0 Å². The first-order valence-corrected chi connectivity index (χ1v) is 22.3. The van der Waals surface area contributed by atoms with E-state index in [2.05, 4.69) is 180 Å². The minimum Gasteiger partial charge on any atom is -0.192 e. The van der Waals surface area contributed by atoms with Crippen LogP contribution in [0.5, 0.6) is 0 Å². The molecule has 0 unspecified atom stereocenters. The summed E-state index contributed by atoms with van der Waals surface area (Å²) in [5, 5.41) is 61.6. The van der Waals surface area contributed by atoms with Crippen LogP contribution < -0.4 is 0 Å². The Morgan fingerprint density at radius 3 is 0.625 bits per heavy atom. The number of nitrogens with zero attached hydrogens (tertiary/aromatic N) is 4. The van der Waals surface area contributed by atoms with Crippen LogP contribution in [0.1, 0.15) is 128 Å². The second-order valence-electron chi connectivity index (χ2n) is 22.2. The molecule has 0 aliphatic carbocycles. The lowest BCUT2D eigenvalue weighted by molar-refractivity contribution is 0.591. The Kier molecular flexibility index (Phi) is 8.39. The Labute approximate surface area is 374 Å². The van der Waals surface area contributed by atoms with E-state index in [9.17, 15) is 21.0 Å². The molecule has 0 aliphatic rings. The summed E-state index contributed by atoms with van der Waals surface area (Å²) >= 11 is 0.